The third kappa shape index (κ3) is 3.45. The zero-order chi connectivity index (χ0) is 13.8. The second kappa shape index (κ2) is 5.84. The lowest BCUT2D eigenvalue weighted by Crippen LogP contribution is -2.47. The van der Waals surface area contributed by atoms with Gasteiger partial charge >= 0.3 is 5.97 Å². The first-order valence-electron chi connectivity index (χ1n) is 6.15. The number of carbonyl (C=O) groups excluding carboxylic acids is 2. The number of carboxylic acids is 1. The van der Waals surface area contributed by atoms with Crippen LogP contribution >= 0.6 is 0 Å². The van der Waals surface area contributed by atoms with Crippen molar-refractivity contribution in [1.29, 1.82) is 0 Å². The number of carboxylic acid groups (broad SMARTS) is 1. The van der Waals surface area contributed by atoms with Gasteiger partial charge in [-0.2, -0.15) is 0 Å². The van der Waals surface area contributed by atoms with Gasteiger partial charge in [-0.15, -0.1) is 0 Å². The molecule has 0 aromatic carbocycles. The molecule has 0 spiro atoms. The average Bonchev–Trinajstić information content (AvgIpc) is 2.36. The van der Waals surface area contributed by atoms with E-state index < -0.39 is 17.3 Å². The molecule has 1 saturated heterocycles. The van der Waals surface area contributed by atoms with Gasteiger partial charge in [0.15, 0.2) is 0 Å². The van der Waals surface area contributed by atoms with E-state index in [0.29, 0.717) is 0 Å². The number of nitrogens with one attached hydrogen (secondary N) is 1. The Hall–Kier alpha value is -1.59. The number of hydrogen-bond donors (Lipinski definition) is 2. The summed E-state index contributed by atoms with van der Waals surface area (Å²) in [5, 5.41) is 11.3. The normalized spacial score (nSPS) is 16.2. The number of rotatable bonds is 4. The van der Waals surface area contributed by atoms with Crippen molar-refractivity contribution in [1.82, 2.24) is 10.2 Å². The predicted molar refractivity (Wildman–Crippen MR) is 64.9 cm³/mol. The summed E-state index contributed by atoms with van der Waals surface area (Å²) in [6.07, 6.45) is 3.10. The first-order valence-corrected chi connectivity index (χ1v) is 6.15. The molecule has 0 atom stereocenters. The molecule has 0 saturated carbocycles. The topological polar surface area (TPSA) is 86.7 Å². The Kier molecular flexibility index (Phi) is 4.69. The second-order valence-electron chi connectivity index (χ2n) is 5.05. The molecule has 0 radical (unpaired) electrons. The van der Waals surface area contributed by atoms with Crippen molar-refractivity contribution in [2.24, 2.45) is 5.41 Å². The molecular formula is C12H20N2O4. The molecule has 2 N–H and O–H groups in total. The largest absolute Gasteiger partial charge is 0.480 e. The molecule has 0 aliphatic carbocycles. The number of piperidine rings is 1. The smallest absolute Gasteiger partial charge is 0.318 e. The molecule has 0 aromatic heterocycles. The molecule has 1 fully saturated rings. The summed E-state index contributed by atoms with van der Waals surface area (Å²) in [6, 6.07) is 0. The number of carbonyl (C=O) groups is 3. The number of aliphatic carboxylic acids is 1. The highest BCUT2D eigenvalue weighted by Crippen LogP contribution is 2.15. The van der Waals surface area contributed by atoms with Gasteiger partial charge < -0.3 is 15.3 Å². The summed E-state index contributed by atoms with van der Waals surface area (Å²) in [4.78, 5) is 36.0. The zero-order valence-electron chi connectivity index (χ0n) is 10.9. The van der Waals surface area contributed by atoms with Crippen molar-refractivity contribution in [2.45, 2.75) is 33.1 Å². The van der Waals surface area contributed by atoms with Crippen molar-refractivity contribution < 1.29 is 19.5 Å². The van der Waals surface area contributed by atoms with E-state index in [1.807, 2.05) is 0 Å². The first kappa shape index (κ1) is 14.5. The molecule has 102 valence electrons. The fourth-order valence-corrected chi connectivity index (χ4v) is 1.73. The highest BCUT2D eigenvalue weighted by atomic mass is 16.4. The van der Waals surface area contributed by atoms with Crippen LogP contribution in [0.4, 0.5) is 0 Å². The summed E-state index contributed by atoms with van der Waals surface area (Å²) in [5.41, 5.74) is -1.51. The summed E-state index contributed by atoms with van der Waals surface area (Å²) in [5.74, 6) is -1.99. The minimum absolute atomic E-state index is 0.129. The first-order chi connectivity index (χ1) is 8.35. The number of likely N-dealkylation sites (tertiary alicyclic amines) is 1. The minimum Gasteiger partial charge on any atom is -0.480 e. The van der Waals surface area contributed by atoms with Crippen LogP contribution in [-0.4, -0.2) is 47.4 Å². The van der Waals surface area contributed by atoms with E-state index in [4.69, 9.17) is 5.11 Å². The lowest BCUT2D eigenvalue weighted by Gasteiger charge is -2.27. The van der Waals surface area contributed by atoms with E-state index in [0.717, 1.165) is 32.4 Å². The van der Waals surface area contributed by atoms with E-state index in [9.17, 15) is 14.4 Å². The van der Waals surface area contributed by atoms with Gasteiger partial charge in [-0.1, -0.05) is 0 Å². The molecule has 0 aromatic rings. The second-order valence-corrected chi connectivity index (χ2v) is 5.05. The third-order valence-corrected chi connectivity index (χ3v) is 3.21. The maximum absolute atomic E-state index is 11.8. The Labute approximate surface area is 106 Å². The number of amides is 2. The van der Waals surface area contributed by atoms with E-state index in [1.165, 1.54) is 13.8 Å². The maximum atomic E-state index is 11.8. The van der Waals surface area contributed by atoms with Crippen LogP contribution in [0.2, 0.25) is 0 Å². The van der Waals surface area contributed by atoms with Crippen LogP contribution in [0, 0.1) is 5.41 Å². The monoisotopic (exact) mass is 256 g/mol. The van der Waals surface area contributed by atoms with Crippen molar-refractivity contribution in [2.75, 3.05) is 19.6 Å². The average molecular weight is 256 g/mol. The fraction of sp³-hybridized carbons (Fsp3) is 0.750. The van der Waals surface area contributed by atoms with Crippen LogP contribution in [0.3, 0.4) is 0 Å². The highest BCUT2D eigenvalue weighted by Gasteiger charge is 2.36. The van der Waals surface area contributed by atoms with E-state index in [-0.39, 0.29) is 12.5 Å². The Balaban J connectivity index is 2.42. The summed E-state index contributed by atoms with van der Waals surface area (Å²) in [6.45, 7) is 3.94. The summed E-state index contributed by atoms with van der Waals surface area (Å²) < 4.78 is 0. The summed E-state index contributed by atoms with van der Waals surface area (Å²) in [7, 11) is 0. The van der Waals surface area contributed by atoms with Crippen molar-refractivity contribution in [3.63, 3.8) is 0 Å². The third-order valence-electron chi connectivity index (χ3n) is 3.21. The molecule has 6 nitrogen and oxygen atoms in total. The van der Waals surface area contributed by atoms with Crippen LogP contribution < -0.4 is 5.32 Å². The maximum Gasteiger partial charge on any atom is 0.318 e. The Bertz CT molecular complexity index is 346. The van der Waals surface area contributed by atoms with E-state index in [2.05, 4.69) is 5.32 Å². The van der Waals surface area contributed by atoms with E-state index >= 15 is 0 Å². The number of hydrogen-bond acceptors (Lipinski definition) is 3. The molecule has 1 rings (SSSR count). The predicted octanol–water partition coefficient (Wildman–Crippen LogP) is 0.226. The van der Waals surface area contributed by atoms with Crippen LogP contribution in [0.5, 0.6) is 0 Å². The lowest BCUT2D eigenvalue weighted by molar-refractivity contribution is -0.154. The molecule has 1 heterocycles. The van der Waals surface area contributed by atoms with Crippen LogP contribution in [0.25, 0.3) is 0 Å². The minimum atomic E-state index is -1.51. The molecule has 1 aliphatic rings. The Morgan fingerprint density at radius 3 is 2.22 bits per heavy atom. The lowest BCUT2D eigenvalue weighted by atomic mass is 9.93. The SMILES string of the molecule is CC(C)(C(=O)O)C(=O)NCC(=O)N1CCCCC1. The van der Waals surface area contributed by atoms with Gasteiger partial charge in [0.2, 0.25) is 11.8 Å². The quantitative estimate of drug-likeness (QED) is 0.705. The Morgan fingerprint density at radius 2 is 1.72 bits per heavy atom. The summed E-state index contributed by atoms with van der Waals surface area (Å²) >= 11 is 0. The van der Waals surface area contributed by atoms with Gasteiger partial charge in [0.1, 0.15) is 5.41 Å². The molecular weight excluding hydrogens is 236 g/mol. The van der Waals surface area contributed by atoms with Gasteiger partial charge in [-0.05, 0) is 33.1 Å². The molecule has 2 amide bonds. The van der Waals surface area contributed by atoms with Crippen LogP contribution in [0.15, 0.2) is 0 Å². The van der Waals surface area contributed by atoms with Crippen molar-refractivity contribution >= 4 is 17.8 Å². The van der Waals surface area contributed by atoms with Gasteiger partial charge in [0.05, 0.1) is 6.54 Å². The molecule has 0 bridgehead atoms. The highest BCUT2D eigenvalue weighted by molar-refractivity contribution is 6.02. The van der Waals surface area contributed by atoms with Crippen LogP contribution in [0.1, 0.15) is 33.1 Å². The molecule has 0 unspecified atom stereocenters. The van der Waals surface area contributed by atoms with Crippen LogP contribution in [-0.2, 0) is 14.4 Å². The van der Waals surface area contributed by atoms with E-state index in [1.54, 1.807) is 4.90 Å². The fourth-order valence-electron chi connectivity index (χ4n) is 1.73. The van der Waals surface area contributed by atoms with Crippen molar-refractivity contribution in [3.05, 3.63) is 0 Å². The van der Waals surface area contributed by atoms with Gasteiger partial charge in [-0.3, -0.25) is 14.4 Å². The molecule has 1 aliphatic heterocycles. The van der Waals surface area contributed by atoms with Gasteiger partial charge in [0, 0.05) is 13.1 Å². The zero-order valence-corrected chi connectivity index (χ0v) is 10.9. The van der Waals surface area contributed by atoms with Gasteiger partial charge in [-0.25, -0.2) is 0 Å². The molecule has 6 heteroatoms. The standard InChI is InChI=1S/C12H20N2O4/c1-12(2,11(17)18)10(16)13-8-9(15)14-6-4-3-5-7-14/h3-8H2,1-2H3,(H,13,16)(H,17,18). The molecule has 18 heavy (non-hydrogen) atoms. The van der Waals surface area contributed by atoms with Gasteiger partial charge in [0.25, 0.3) is 0 Å². The van der Waals surface area contributed by atoms with Crippen molar-refractivity contribution in [3.8, 4) is 0 Å². The Morgan fingerprint density at radius 1 is 1.17 bits per heavy atom. The number of nitrogens with zero attached hydrogens (tertiary/aromatic N) is 1.